The van der Waals surface area contributed by atoms with Crippen molar-refractivity contribution in [2.24, 2.45) is 5.92 Å². The molecule has 2 aromatic heterocycles. The third-order valence-corrected chi connectivity index (χ3v) is 6.18. The highest BCUT2D eigenvalue weighted by molar-refractivity contribution is 5.65. The van der Waals surface area contributed by atoms with Crippen LogP contribution in [0.25, 0.3) is 10.4 Å². The molecule has 2 saturated heterocycles. The summed E-state index contributed by atoms with van der Waals surface area (Å²) >= 11 is 0. The summed E-state index contributed by atoms with van der Waals surface area (Å²) in [6.07, 6.45) is 0.134. The Morgan fingerprint density at radius 3 is 2.73 bits per heavy atom. The second kappa shape index (κ2) is 8.78. The van der Waals surface area contributed by atoms with Crippen molar-refractivity contribution in [1.29, 1.82) is 0 Å². The molecule has 0 unspecified atom stereocenters. The van der Waals surface area contributed by atoms with Crippen LogP contribution >= 0.6 is 0 Å². The maximum absolute atomic E-state index is 12.2. The van der Waals surface area contributed by atoms with Crippen LogP contribution in [0.5, 0.6) is 0 Å². The Balaban J connectivity index is 1.57. The van der Waals surface area contributed by atoms with E-state index >= 15 is 0 Å². The maximum atomic E-state index is 12.2. The van der Waals surface area contributed by atoms with Crippen molar-refractivity contribution in [3.8, 4) is 0 Å². The molecule has 11 nitrogen and oxygen atoms in total. The minimum absolute atomic E-state index is 0.258. The van der Waals surface area contributed by atoms with Crippen LogP contribution in [0, 0.1) is 12.5 Å². The summed E-state index contributed by atoms with van der Waals surface area (Å²) in [6, 6.07) is 3.56. The van der Waals surface area contributed by atoms with E-state index in [-0.39, 0.29) is 19.1 Å². The zero-order valence-corrected chi connectivity index (χ0v) is 19.2. The highest BCUT2D eigenvalue weighted by Gasteiger charge is 2.69. The van der Waals surface area contributed by atoms with E-state index in [0.717, 1.165) is 12.8 Å². The van der Waals surface area contributed by atoms with Gasteiger partial charge in [0.15, 0.2) is 17.7 Å². The predicted octanol–water partition coefficient (Wildman–Crippen LogP) is 3.11. The second-order valence-corrected chi connectivity index (χ2v) is 8.75. The normalized spacial score (nSPS) is 28.1. The molecule has 178 valence electrons. The number of nitrogens with zero attached hydrogens (tertiary/aromatic N) is 4. The minimum Gasteiger partial charge on any atom is -0.434 e. The largest absolute Gasteiger partial charge is 0.508 e. The summed E-state index contributed by atoms with van der Waals surface area (Å²) in [7, 11) is 0. The molecule has 0 aliphatic carbocycles. The number of carbonyl (C=O) groups is 1. The molecule has 11 heteroatoms. The van der Waals surface area contributed by atoms with Crippen LogP contribution < -0.4 is 5.73 Å². The molecule has 0 bridgehead atoms. The van der Waals surface area contributed by atoms with Gasteiger partial charge >= 0.3 is 11.9 Å². The van der Waals surface area contributed by atoms with E-state index in [0.29, 0.717) is 17.0 Å². The first-order valence-electron chi connectivity index (χ1n) is 11.0. The van der Waals surface area contributed by atoms with Gasteiger partial charge in [0.25, 0.3) is 0 Å². The van der Waals surface area contributed by atoms with Gasteiger partial charge < -0.3 is 24.7 Å². The predicted molar refractivity (Wildman–Crippen MR) is 116 cm³/mol. The fraction of sp³-hybridized carbons (Fsp3) is 0.636. The number of nitrogen functional groups attached to an aromatic ring is 1. The molecule has 4 atom stereocenters. The molecule has 0 spiro atoms. The number of rotatable bonds is 7. The van der Waals surface area contributed by atoms with Gasteiger partial charge in [-0.15, -0.1) is 0 Å². The lowest BCUT2D eigenvalue weighted by atomic mass is 10.0. The number of hydrogen-bond donors (Lipinski definition) is 1. The van der Waals surface area contributed by atoms with E-state index < -0.39 is 36.0 Å². The van der Waals surface area contributed by atoms with E-state index in [1.54, 1.807) is 30.5 Å². The van der Waals surface area contributed by atoms with Crippen LogP contribution in [0.3, 0.4) is 0 Å². The smallest absolute Gasteiger partial charge is 0.434 e. The standard InChI is InChI=1S/C22H29N5O6/c1-6-13(7-2)10-29-20(28)30-11-22(24-5)18-17(31-21(3,4)33-18)16(32-22)14-8-9-15-19(23)25-12-26-27(14)15/h8-9,12-13,16-18H,6-7,10-11H2,1-4H3,(H2,23,25,26)/t16-,17-,18-,22+/m0/s1. The Hall–Kier alpha value is -2.94. The van der Waals surface area contributed by atoms with Gasteiger partial charge in [0.1, 0.15) is 24.1 Å². The van der Waals surface area contributed by atoms with E-state index in [1.165, 1.54) is 6.33 Å². The van der Waals surface area contributed by atoms with Crippen LogP contribution in [-0.4, -0.2) is 57.7 Å². The third kappa shape index (κ3) is 4.21. The summed E-state index contributed by atoms with van der Waals surface area (Å²) < 4.78 is 30.5. The van der Waals surface area contributed by atoms with Crippen molar-refractivity contribution in [1.82, 2.24) is 14.6 Å². The summed E-state index contributed by atoms with van der Waals surface area (Å²) in [6.45, 7) is 15.4. The molecule has 0 amide bonds. The van der Waals surface area contributed by atoms with Crippen LogP contribution in [0.15, 0.2) is 18.5 Å². The number of nitrogens with two attached hydrogens (primary N) is 1. The lowest BCUT2D eigenvalue weighted by molar-refractivity contribution is -0.208. The Morgan fingerprint density at radius 1 is 1.27 bits per heavy atom. The molecule has 0 saturated carbocycles. The van der Waals surface area contributed by atoms with E-state index in [1.807, 2.05) is 13.8 Å². The van der Waals surface area contributed by atoms with Gasteiger partial charge in [0.2, 0.25) is 6.61 Å². The molecule has 4 rings (SSSR count). The second-order valence-electron chi connectivity index (χ2n) is 8.75. The van der Waals surface area contributed by atoms with Crippen molar-refractivity contribution in [3.05, 3.63) is 35.6 Å². The van der Waals surface area contributed by atoms with Gasteiger partial charge in [-0.1, -0.05) is 26.7 Å². The van der Waals surface area contributed by atoms with Crippen molar-refractivity contribution in [3.63, 3.8) is 0 Å². The fourth-order valence-corrected chi connectivity index (χ4v) is 4.28. The lowest BCUT2D eigenvalue weighted by Crippen LogP contribution is -2.45. The summed E-state index contributed by atoms with van der Waals surface area (Å²) in [5, 5.41) is 4.27. The molecule has 33 heavy (non-hydrogen) atoms. The summed E-state index contributed by atoms with van der Waals surface area (Å²) in [5.41, 5.74) is 5.57. The number of ether oxygens (including phenoxy) is 5. The molecular formula is C22H29N5O6. The SMILES string of the molecule is [C-]#[N+][C@]1(COC(=O)OCC(CC)CC)O[C@@H](c2ccc3c(N)ncnn23)[C@@H]2OC(C)(C)O[C@@H]21. The van der Waals surface area contributed by atoms with Crippen molar-refractivity contribution < 1.29 is 28.5 Å². The number of anilines is 1. The van der Waals surface area contributed by atoms with Gasteiger partial charge in [-0.25, -0.2) is 20.9 Å². The van der Waals surface area contributed by atoms with Gasteiger partial charge in [-0.3, -0.25) is 9.58 Å². The average molecular weight is 460 g/mol. The Morgan fingerprint density at radius 2 is 2.03 bits per heavy atom. The van der Waals surface area contributed by atoms with Crippen LogP contribution in [0.1, 0.15) is 52.3 Å². The molecule has 0 radical (unpaired) electrons. The molecular weight excluding hydrogens is 430 g/mol. The van der Waals surface area contributed by atoms with Gasteiger partial charge in [-0.05, 0) is 31.9 Å². The molecule has 2 aliphatic heterocycles. The molecule has 2 N–H and O–H groups in total. The van der Waals surface area contributed by atoms with Crippen molar-refractivity contribution in [2.75, 3.05) is 18.9 Å². The van der Waals surface area contributed by atoms with E-state index in [9.17, 15) is 4.79 Å². The van der Waals surface area contributed by atoms with Crippen LogP contribution in [-0.2, 0) is 23.7 Å². The Kier molecular flexibility index (Phi) is 6.18. The summed E-state index contributed by atoms with van der Waals surface area (Å²) in [4.78, 5) is 19.9. The number of carbonyl (C=O) groups excluding carboxylic acids is 1. The Labute approximate surface area is 191 Å². The van der Waals surface area contributed by atoms with Crippen molar-refractivity contribution >= 4 is 17.5 Å². The van der Waals surface area contributed by atoms with E-state index in [2.05, 4.69) is 14.9 Å². The molecule has 4 heterocycles. The number of fused-ring (bicyclic) bond motifs is 2. The first-order valence-corrected chi connectivity index (χ1v) is 11.0. The number of hydrogen-bond acceptors (Lipinski definition) is 9. The quantitative estimate of drug-likeness (QED) is 0.491. The van der Waals surface area contributed by atoms with E-state index in [4.69, 9.17) is 36.0 Å². The maximum Gasteiger partial charge on any atom is 0.508 e. The monoisotopic (exact) mass is 459 g/mol. The van der Waals surface area contributed by atoms with Gasteiger partial charge in [-0.2, -0.15) is 5.10 Å². The van der Waals surface area contributed by atoms with Gasteiger partial charge in [0.05, 0.1) is 12.3 Å². The Bertz CT molecular complexity index is 1060. The zero-order chi connectivity index (χ0) is 23.8. The zero-order valence-electron chi connectivity index (χ0n) is 19.2. The average Bonchev–Trinajstić information content (AvgIpc) is 3.44. The summed E-state index contributed by atoms with van der Waals surface area (Å²) in [5.74, 6) is -0.382. The highest BCUT2D eigenvalue weighted by Crippen LogP contribution is 2.50. The first kappa shape index (κ1) is 23.2. The minimum atomic E-state index is -1.61. The number of aromatic nitrogens is 3. The lowest BCUT2D eigenvalue weighted by Gasteiger charge is -2.25. The third-order valence-electron chi connectivity index (χ3n) is 6.18. The fourth-order valence-electron chi connectivity index (χ4n) is 4.28. The van der Waals surface area contributed by atoms with Gasteiger partial charge in [0, 0.05) is 0 Å². The first-order chi connectivity index (χ1) is 15.7. The molecule has 2 aliphatic rings. The van der Waals surface area contributed by atoms with Crippen LogP contribution in [0.2, 0.25) is 0 Å². The molecule has 2 fully saturated rings. The molecule has 0 aromatic carbocycles. The van der Waals surface area contributed by atoms with Crippen molar-refractivity contribution in [2.45, 2.75) is 70.4 Å². The molecule has 2 aromatic rings. The highest BCUT2D eigenvalue weighted by atomic mass is 16.8. The topological polar surface area (TPSA) is 124 Å². The van der Waals surface area contributed by atoms with Crippen LogP contribution in [0.4, 0.5) is 10.6 Å².